The van der Waals surface area contributed by atoms with Crippen molar-refractivity contribution in [1.29, 1.82) is 0 Å². The van der Waals surface area contributed by atoms with Crippen LogP contribution in [-0.4, -0.2) is 24.7 Å². The minimum atomic E-state index is -0.275. The minimum absolute atomic E-state index is 0.0410. The molecule has 7 heteroatoms. The van der Waals surface area contributed by atoms with E-state index in [1.165, 1.54) is 7.11 Å². The molecule has 0 fully saturated rings. The Morgan fingerprint density at radius 3 is 2.88 bits per heavy atom. The number of hydrogen-bond donors (Lipinski definition) is 2. The highest BCUT2D eigenvalue weighted by Crippen LogP contribution is 2.32. The zero-order valence-electron chi connectivity index (χ0n) is 12.9. The van der Waals surface area contributed by atoms with Crippen LogP contribution in [0, 0.1) is 0 Å². The highest BCUT2D eigenvalue weighted by molar-refractivity contribution is 7.99. The van der Waals surface area contributed by atoms with E-state index in [0.29, 0.717) is 34.1 Å². The molecule has 24 heavy (non-hydrogen) atoms. The number of nitrogens with one attached hydrogen (secondary N) is 2. The van der Waals surface area contributed by atoms with Crippen LogP contribution in [0.3, 0.4) is 0 Å². The van der Waals surface area contributed by atoms with Gasteiger partial charge in [0, 0.05) is 28.3 Å². The van der Waals surface area contributed by atoms with E-state index in [1.807, 2.05) is 6.07 Å². The van der Waals surface area contributed by atoms with Gasteiger partial charge in [-0.05, 0) is 36.4 Å². The third-order valence-electron chi connectivity index (χ3n) is 3.51. The first-order valence-electron chi connectivity index (χ1n) is 7.28. The molecule has 1 aliphatic heterocycles. The number of methoxy groups -OCH3 is 1. The fourth-order valence-electron chi connectivity index (χ4n) is 2.31. The molecule has 0 aliphatic carbocycles. The summed E-state index contributed by atoms with van der Waals surface area (Å²) in [7, 11) is 1.53. The number of hydrogen-bond acceptors (Lipinski definition) is 4. The Morgan fingerprint density at radius 2 is 2.12 bits per heavy atom. The van der Waals surface area contributed by atoms with Gasteiger partial charge in [0.15, 0.2) is 0 Å². The number of ether oxygens (including phenoxy) is 1. The van der Waals surface area contributed by atoms with Crippen molar-refractivity contribution in [3.8, 4) is 5.75 Å². The summed E-state index contributed by atoms with van der Waals surface area (Å²) in [6.45, 7) is 0. The second kappa shape index (κ2) is 7.15. The number of carbonyl (C=O) groups is 2. The van der Waals surface area contributed by atoms with Crippen molar-refractivity contribution in [2.75, 3.05) is 23.5 Å². The van der Waals surface area contributed by atoms with Crippen molar-refractivity contribution in [3.63, 3.8) is 0 Å². The first kappa shape index (κ1) is 16.7. The molecule has 0 atom stereocenters. The average Bonchev–Trinajstić information content (AvgIpc) is 2.74. The number of carbonyl (C=O) groups excluding carboxylic acids is 2. The number of benzene rings is 2. The summed E-state index contributed by atoms with van der Waals surface area (Å²) in [5, 5.41) is 6.03. The topological polar surface area (TPSA) is 67.4 Å². The molecule has 3 rings (SSSR count). The monoisotopic (exact) mass is 362 g/mol. The molecule has 2 aromatic rings. The smallest absolute Gasteiger partial charge is 0.255 e. The Labute approximate surface area is 148 Å². The molecule has 1 heterocycles. The Morgan fingerprint density at radius 1 is 1.29 bits per heavy atom. The summed E-state index contributed by atoms with van der Waals surface area (Å²) in [4.78, 5) is 25.1. The third-order valence-corrected chi connectivity index (χ3v) is 4.88. The summed E-state index contributed by atoms with van der Waals surface area (Å²) >= 11 is 7.66. The van der Waals surface area contributed by atoms with E-state index in [2.05, 4.69) is 10.6 Å². The van der Waals surface area contributed by atoms with Gasteiger partial charge in [-0.15, -0.1) is 11.8 Å². The molecule has 2 aromatic carbocycles. The summed E-state index contributed by atoms with van der Waals surface area (Å²) in [6.07, 6.45) is 0.464. The van der Waals surface area contributed by atoms with Crippen LogP contribution >= 0.6 is 23.4 Å². The third kappa shape index (κ3) is 3.66. The Kier molecular flexibility index (Phi) is 4.97. The Bertz CT molecular complexity index is 810. The standard InChI is InChI=1S/C17H15ClN2O3S/c1-23-14-4-3-11(9-12(14)18)19-17(22)10-2-5-15-13(8-10)20-16(21)6-7-24-15/h2-5,8-9H,6-7H2,1H3,(H,19,22)(H,20,21). The number of anilines is 2. The van der Waals surface area contributed by atoms with Gasteiger partial charge in [0.2, 0.25) is 5.91 Å². The molecule has 0 aromatic heterocycles. The van der Waals surface area contributed by atoms with Crippen molar-refractivity contribution in [1.82, 2.24) is 0 Å². The van der Waals surface area contributed by atoms with Gasteiger partial charge in [-0.25, -0.2) is 0 Å². The van der Waals surface area contributed by atoms with Crippen molar-refractivity contribution in [3.05, 3.63) is 47.0 Å². The lowest BCUT2D eigenvalue weighted by molar-refractivity contribution is -0.115. The largest absolute Gasteiger partial charge is 0.495 e. The molecule has 0 saturated heterocycles. The predicted molar refractivity (Wildman–Crippen MR) is 96.4 cm³/mol. The van der Waals surface area contributed by atoms with E-state index in [9.17, 15) is 9.59 Å². The maximum absolute atomic E-state index is 12.4. The van der Waals surface area contributed by atoms with Crippen molar-refractivity contribution < 1.29 is 14.3 Å². The Hall–Kier alpha value is -2.18. The van der Waals surface area contributed by atoms with Gasteiger partial charge in [-0.3, -0.25) is 9.59 Å². The van der Waals surface area contributed by atoms with Crippen molar-refractivity contribution >= 4 is 46.6 Å². The van der Waals surface area contributed by atoms with E-state index in [1.54, 1.807) is 42.1 Å². The summed E-state index contributed by atoms with van der Waals surface area (Å²) in [5.74, 6) is 0.956. The molecular formula is C17H15ClN2O3S. The van der Waals surface area contributed by atoms with Gasteiger partial charge in [0.1, 0.15) is 5.75 Å². The number of thioether (sulfide) groups is 1. The second-order valence-electron chi connectivity index (χ2n) is 5.16. The van der Waals surface area contributed by atoms with Crippen LogP contribution in [0.5, 0.6) is 5.75 Å². The predicted octanol–water partition coefficient (Wildman–Crippen LogP) is 4.04. The maximum Gasteiger partial charge on any atom is 0.255 e. The lowest BCUT2D eigenvalue weighted by atomic mass is 10.1. The van der Waals surface area contributed by atoms with Crippen LogP contribution < -0.4 is 15.4 Å². The van der Waals surface area contributed by atoms with Crippen molar-refractivity contribution in [2.45, 2.75) is 11.3 Å². The maximum atomic E-state index is 12.4. The molecule has 0 radical (unpaired) electrons. The first-order valence-corrected chi connectivity index (χ1v) is 8.65. The fraction of sp³-hybridized carbons (Fsp3) is 0.176. The molecule has 1 aliphatic rings. The molecule has 2 amide bonds. The average molecular weight is 363 g/mol. The van der Waals surface area contributed by atoms with Gasteiger partial charge >= 0.3 is 0 Å². The quantitative estimate of drug-likeness (QED) is 0.864. The van der Waals surface area contributed by atoms with Gasteiger partial charge in [0.05, 0.1) is 17.8 Å². The molecule has 2 N–H and O–H groups in total. The van der Waals surface area contributed by atoms with Gasteiger partial charge in [-0.1, -0.05) is 11.6 Å². The zero-order chi connectivity index (χ0) is 17.1. The van der Waals surface area contributed by atoms with Crippen LogP contribution in [0.2, 0.25) is 5.02 Å². The van der Waals surface area contributed by atoms with Crippen LogP contribution in [0.15, 0.2) is 41.3 Å². The van der Waals surface area contributed by atoms with E-state index in [-0.39, 0.29) is 11.8 Å². The molecule has 0 bridgehead atoms. The first-order chi connectivity index (χ1) is 11.6. The summed E-state index contributed by atoms with van der Waals surface area (Å²) in [5.41, 5.74) is 1.70. The fourth-order valence-corrected chi connectivity index (χ4v) is 3.50. The van der Waals surface area contributed by atoms with E-state index < -0.39 is 0 Å². The van der Waals surface area contributed by atoms with Crippen LogP contribution in [0.1, 0.15) is 16.8 Å². The van der Waals surface area contributed by atoms with Gasteiger partial charge in [-0.2, -0.15) is 0 Å². The molecule has 0 spiro atoms. The lowest BCUT2D eigenvalue weighted by Crippen LogP contribution is -2.14. The molecular weight excluding hydrogens is 348 g/mol. The van der Waals surface area contributed by atoms with Crippen molar-refractivity contribution in [2.24, 2.45) is 0 Å². The zero-order valence-corrected chi connectivity index (χ0v) is 14.5. The summed E-state index contributed by atoms with van der Waals surface area (Å²) < 4.78 is 5.09. The number of halogens is 1. The number of rotatable bonds is 3. The summed E-state index contributed by atoms with van der Waals surface area (Å²) in [6, 6.07) is 10.3. The highest BCUT2D eigenvalue weighted by Gasteiger charge is 2.16. The molecule has 124 valence electrons. The number of amides is 2. The second-order valence-corrected chi connectivity index (χ2v) is 6.70. The van der Waals surface area contributed by atoms with Crippen LogP contribution in [-0.2, 0) is 4.79 Å². The SMILES string of the molecule is COc1ccc(NC(=O)c2ccc3c(c2)NC(=O)CCS3)cc1Cl. The van der Waals surface area contributed by atoms with E-state index >= 15 is 0 Å². The van der Waals surface area contributed by atoms with Crippen LogP contribution in [0.4, 0.5) is 11.4 Å². The van der Waals surface area contributed by atoms with E-state index in [0.717, 1.165) is 10.6 Å². The van der Waals surface area contributed by atoms with Gasteiger partial charge in [0.25, 0.3) is 5.91 Å². The molecule has 5 nitrogen and oxygen atoms in total. The normalized spacial score (nSPS) is 13.5. The van der Waals surface area contributed by atoms with Gasteiger partial charge < -0.3 is 15.4 Å². The van der Waals surface area contributed by atoms with E-state index in [4.69, 9.17) is 16.3 Å². The van der Waals surface area contributed by atoms with Crippen LogP contribution in [0.25, 0.3) is 0 Å². The highest BCUT2D eigenvalue weighted by atomic mass is 35.5. The Balaban J connectivity index is 1.80. The molecule has 0 saturated carbocycles. The number of fused-ring (bicyclic) bond motifs is 1. The lowest BCUT2D eigenvalue weighted by Gasteiger charge is -2.10. The molecule has 0 unspecified atom stereocenters. The minimum Gasteiger partial charge on any atom is -0.495 e.